The maximum absolute atomic E-state index is 12.6. The number of fused-ring (bicyclic) bond motifs is 1. The number of ether oxygens (including phenoxy) is 2. The molecule has 5 nitrogen and oxygen atoms in total. The third-order valence-corrected chi connectivity index (χ3v) is 5.40. The lowest BCUT2D eigenvalue weighted by molar-refractivity contribution is -0.111. The van der Waals surface area contributed by atoms with E-state index < -0.39 is 5.97 Å². The van der Waals surface area contributed by atoms with E-state index in [9.17, 15) is 9.59 Å². The topological polar surface area (TPSA) is 64.6 Å². The highest BCUT2D eigenvalue weighted by Gasteiger charge is 2.21. The molecule has 1 aromatic heterocycles. The summed E-state index contributed by atoms with van der Waals surface area (Å²) in [5.41, 5.74) is 1.28. The highest BCUT2D eigenvalue weighted by molar-refractivity contribution is 7.23. The number of methoxy groups -OCH3 is 1. The van der Waals surface area contributed by atoms with E-state index in [-0.39, 0.29) is 5.91 Å². The van der Waals surface area contributed by atoms with Crippen molar-refractivity contribution in [2.24, 2.45) is 0 Å². The molecule has 1 heterocycles. The van der Waals surface area contributed by atoms with Gasteiger partial charge in [-0.1, -0.05) is 43.7 Å². The Kier molecular flexibility index (Phi) is 7.03. The minimum atomic E-state index is -0.412. The van der Waals surface area contributed by atoms with Crippen molar-refractivity contribution < 1.29 is 19.1 Å². The number of unbranched alkanes of at least 4 members (excludes halogenated alkanes) is 1. The lowest BCUT2D eigenvalue weighted by Crippen LogP contribution is -2.12. The van der Waals surface area contributed by atoms with Crippen LogP contribution in [0.5, 0.6) is 5.75 Å². The maximum Gasteiger partial charge on any atom is 0.341 e. The molecule has 0 radical (unpaired) electrons. The second kappa shape index (κ2) is 9.89. The fourth-order valence-electron chi connectivity index (χ4n) is 2.76. The molecule has 2 aromatic carbocycles. The molecular formula is C23H23NO4S. The molecule has 0 saturated heterocycles. The first-order valence-corrected chi connectivity index (χ1v) is 10.3. The first-order chi connectivity index (χ1) is 14.1. The summed E-state index contributed by atoms with van der Waals surface area (Å²) >= 11 is 1.36. The second-order valence-corrected chi connectivity index (χ2v) is 7.44. The Morgan fingerprint density at radius 2 is 1.86 bits per heavy atom. The van der Waals surface area contributed by atoms with E-state index in [1.807, 2.05) is 55.5 Å². The quantitative estimate of drug-likeness (QED) is 0.302. The summed E-state index contributed by atoms with van der Waals surface area (Å²) in [5.74, 6) is 0.0309. The van der Waals surface area contributed by atoms with Crippen molar-refractivity contribution in [1.82, 2.24) is 0 Å². The van der Waals surface area contributed by atoms with Crippen LogP contribution in [0.15, 0.2) is 54.6 Å². The van der Waals surface area contributed by atoms with E-state index in [0.717, 1.165) is 34.2 Å². The molecular weight excluding hydrogens is 386 g/mol. The van der Waals surface area contributed by atoms with E-state index in [4.69, 9.17) is 9.47 Å². The third-order valence-electron chi connectivity index (χ3n) is 4.31. The van der Waals surface area contributed by atoms with Gasteiger partial charge in [-0.2, -0.15) is 0 Å². The SMILES string of the molecule is CCCCOC(=O)c1c(NC(=O)C=Cc2ccc(OC)cc2)sc2ccccc12. The van der Waals surface area contributed by atoms with Gasteiger partial charge in [0.1, 0.15) is 16.3 Å². The van der Waals surface area contributed by atoms with E-state index in [2.05, 4.69) is 5.32 Å². The predicted molar refractivity (Wildman–Crippen MR) is 118 cm³/mol. The molecule has 1 N–H and O–H groups in total. The van der Waals surface area contributed by atoms with Crippen LogP contribution < -0.4 is 10.1 Å². The molecule has 0 unspecified atom stereocenters. The third kappa shape index (κ3) is 5.23. The lowest BCUT2D eigenvalue weighted by atomic mass is 10.1. The largest absolute Gasteiger partial charge is 0.497 e. The molecule has 0 aliphatic carbocycles. The molecule has 150 valence electrons. The Morgan fingerprint density at radius 1 is 1.10 bits per heavy atom. The van der Waals surface area contributed by atoms with Crippen molar-refractivity contribution in [3.05, 3.63) is 65.7 Å². The molecule has 0 bridgehead atoms. The van der Waals surface area contributed by atoms with Gasteiger partial charge in [0.2, 0.25) is 5.91 Å². The molecule has 3 rings (SSSR count). The zero-order valence-electron chi connectivity index (χ0n) is 16.4. The van der Waals surface area contributed by atoms with Crippen molar-refractivity contribution in [1.29, 1.82) is 0 Å². The summed E-state index contributed by atoms with van der Waals surface area (Å²) in [4.78, 5) is 25.1. The number of carbonyl (C=O) groups is 2. The van der Waals surface area contributed by atoms with Gasteiger partial charge in [0.25, 0.3) is 0 Å². The normalized spacial score (nSPS) is 11.0. The van der Waals surface area contributed by atoms with E-state index in [1.165, 1.54) is 17.4 Å². The number of carbonyl (C=O) groups excluding carboxylic acids is 2. The molecule has 0 fully saturated rings. The van der Waals surface area contributed by atoms with Gasteiger partial charge in [-0.25, -0.2) is 4.79 Å². The van der Waals surface area contributed by atoms with Gasteiger partial charge in [0.15, 0.2) is 0 Å². The minimum absolute atomic E-state index is 0.310. The number of thiophene rings is 1. The van der Waals surface area contributed by atoms with E-state index >= 15 is 0 Å². The minimum Gasteiger partial charge on any atom is -0.497 e. The molecule has 0 saturated carbocycles. The lowest BCUT2D eigenvalue weighted by Gasteiger charge is -2.06. The number of rotatable bonds is 8. The van der Waals surface area contributed by atoms with Crippen molar-refractivity contribution in [3.8, 4) is 5.75 Å². The van der Waals surface area contributed by atoms with Gasteiger partial charge in [0.05, 0.1) is 13.7 Å². The number of esters is 1. The highest BCUT2D eigenvalue weighted by Crippen LogP contribution is 2.36. The zero-order chi connectivity index (χ0) is 20.6. The van der Waals surface area contributed by atoms with Crippen LogP contribution in [0.2, 0.25) is 0 Å². The van der Waals surface area contributed by atoms with Crippen molar-refractivity contribution in [2.45, 2.75) is 19.8 Å². The van der Waals surface area contributed by atoms with Gasteiger partial charge in [-0.15, -0.1) is 11.3 Å². The van der Waals surface area contributed by atoms with Crippen LogP contribution in [-0.4, -0.2) is 25.6 Å². The smallest absolute Gasteiger partial charge is 0.341 e. The first-order valence-electron chi connectivity index (χ1n) is 9.44. The van der Waals surface area contributed by atoms with Crippen LogP contribution in [0.3, 0.4) is 0 Å². The average Bonchev–Trinajstić information content (AvgIpc) is 3.10. The summed E-state index contributed by atoms with van der Waals surface area (Å²) in [6, 6.07) is 14.9. The van der Waals surface area contributed by atoms with Crippen LogP contribution in [0, 0.1) is 0 Å². The fourth-order valence-corrected chi connectivity index (χ4v) is 3.85. The number of benzene rings is 2. The number of amides is 1. The fraction of sp³-hybridized carbons (Fsp3) is 0.217. The van der Waals surface area contributed by atoms with Crippen molar-refractivity contribution in [2.75, 3.05) is 19.0 Å². The summed E-state index contributed by atoms with van der Waals surface area (Å²) < 4.78 is 11.4. The molecule has 29 heavy (non-hydrogen) atoms. The monoisotopic (exact) mass is 409 g/mol. The Hall–Kier alpha value is -3.12. The van der Waals surface area contributed by atoms with Crippen molar-refractivity contribution in [3.63, 3.8) is 0 Å². The molecule has 6 heteroatoms. The van der Waals surface area contributed by atoms with E-state index in [1.54, 1.807) is 13.2 Å². The first kappa shape index (κ1) is 20.6. The Bertz CT molecular complexity index is 1020. The standard InChI is InChI=1S/C23H23NO4S/c1-3-4-15-28-23(26)21-18-7-5-6-8-19(18)29-22(21)24-20(25)14-11-16-9-12-17(27-2)13-10-16/h5-14H,3-4,15H2,1-2H3,(H,24,25). The van der Waals surface area contributed by atoms with Crippen LogP contribution in [0.4, 0.5) is 5.00 Å². The van der Waals surface area contributed by atoms with Crippen LogP contribution in [0.25, 0.3) is 16.2 Å². The summed E-state index contributed by atoms with van der Waals surface area (Å²) in [5, 5.41) is 4.11. The van der Waals surface area contributed by atoms with Gasteiger partial charge >= 0.3 is 5.97 Å². The summed E-state index contributed by atoms with van der Waals surface area (Å²) in [6.45, 7) is 2.40. The van der Waals surface area contributed by atoms with Crippen molar-refractivity contribution >= 4 is 44.4 Å². The predicted octanol–water partition coefficient (Wildman–Crippen LogP) is 5.52. The van der Waals surface area contributed by atoms with Gasteiger partial charge in [0, 0.05) is 16.2 Å². The average molecular weight is 410 g/mol. The highest BCUT2D eigenvalue weighted by atomic mass is 32.1. The Labute approximate surface area is 174 Å². The van der Waals surface area contributed by atoms with Gasteiger partial charge in [-0.05, 0) is 36.3 Å². The summed E-state index contributed by atoms with van der Waals surface area (Å²) in [7, 11) is 1.61. The van der Waals surface area contributed by atoms with Crippen LogP contribution in [-0.2, 0) is 9.53 Å². The molecule has 0 aliphatic heterocycles. The van der Waals surface area contributed by atoms with Gasteiger partial charge in [-0.3, -0.25) is 4.79 Å². The number of nitrogens with one attached hydrogen (secondary N) is 1. The van der Waals surface area contributed by atoms with Gasteiger partial charge < -0.3 is 14.8 Å². The summed E-state index contributed by atoms with van der Waals surface area (Å²) in [6.07, 6.45) is 4.90. The van der Waals surface area contributed by atoms with Crippen LogP contribution >= 0.6 is 11.3 Å². The molecule has 0 spiro atoms. The molecule has 0 aliphatic rings. The molecule has 1 amide bonds. The van der Waals surface area contributed by atoms with E-state index in [0.29, 0.717) is 17.2 Å². The Balaban J connectivity index is 1.79. The molecule has 0 atom stereocenters. The second-order valence-electron chi connectivity index (χ2n) is 6.39. The number of anilines is 1. The van der Waals surface area contributed by atoms with Crippen LogP contribution in [0.1, 0.15) is 35.7 Å². The number of hydrogen-bond acceptors (Lipinski definition) is 5. The maximum atomic E-state index is 12.6. The zero-order valence-corrected chi connectivity index (χ0v) is 17.3. The molecule has 3 aromatic rings. The number of hydrogen-bond donors (Lipinski definition) is 1. The Morgan fingerprint density at radius 3 is 2.59 bits per heavy atom.